The number of rotatable bonds is 12. The maximum atomic E-state index is 13.6. The van der Waals surface area contributed by atoms with E-state index in [0.717, 1.165) is 22.3 Å². The van der Waals surface area contributed by atoms with Crippen molar-refractivity contribution >= 4 is 11.5 Å². The summed E-state index contributed by atoms with van der Waals surface area (Å²) in [6.07, 6.45) is -4.19. The van der Waals surface area contributed by atoms with Gasteiger partial charge in [0.1, 0.15) is 17.3 Å². The second kappa shape index (κ2) is 12.4. The summed E-state index contributed by atoms with van der Waals surface area (Å²) in [5.41, 5.74) is 5.68. The second-order valence-electron chi connectivity index (χ2n) is 8.29. The predicted molar refractivity (Wildman–Crippen MR) is 137 cm³/mol. The summed E-state index contributed by atoms with van der Waals surface area (Å²) in [6.45, 7) is 5.73. The van der Waals surface area contributed by atoms with Crippen LogP contribution < -0.4 is 31.4 Å². The lowest BCUT2D eigenvalue weighted by Gasteiger charge is -2.28. The molecule has 0 amide bonds. The molecule has 0 aliphatic heterocycles. The van der Waals surface area contributed by atoms with Gasteiger partial charge in [-0.25, -0.2) is 4.79 Å². The van der Waals surface area contributed by atoms with Crippen LogP contribution in [0.4, 0.5) is 24.7 Å². The molecule has 38 heavy (non-hydrogen) atoms. The third-order valence-corrected chi connectivity index (χ3v) is 5.46. The number of halogens is 3. The highest BCUT2D eigenvalue weighted by molar-refractivity contribution is 5.65. The fourth-order valence-corrected chi connectivity index (χ4v) is 3.80. The van der Waals surface area contributed by atoms with Crippen molar-refractivity contribution in [2.75, 3.05) is 17.2 Å². The summed E-state index contributed by atoms with van der Waals surface area (Å²) in [6, 6.07) is 13.8. The van der Waals surface area contributed by atoms with Gasteiger partial charge in [-0.1, -0.05) is 43.3 Å². The minimum absolute atomic E-state index is 0.0316. The highest BCUT2D eigenvalue weighted by atomic mass is 19.4. The zero-order valence-electron chi connectivity index (χ0n) is 20.8. The van der Waals surface area contributed by atoms with Gasteiger partial charge in [-0.05, 0) is 37.1 Å². The molecule has 0 atom stereocenters. The SMILES string of the molecule is C=C(Oc1cccc(OC(F)(F)F)c1)N(Cc1ccccc1)c1c(N)n(CCC)c(=O)n(CCCO)c1=O. The molecule has 3 aromatic rings. The first kappa shape index (κ1) is 28.4. The van der Waals surface area contributed by atoms with Crippen LogP contribution in [-0.2, 0) is 19.6 Å². The van der Waals surface area contributed by atoms with Gasteiger partial charge in [-0.15, -0.1) is 13.2 Å². The van der Waals surface area contributed by atoms with Crippen LogP contribution >= 0.6 is 0 Å². The van der Waals surface area contributed by atoms with E-state index in [-0.39, 0.29) is 55.8 Å². The number of benzene rings is 2. The Bertz CT molecular complexity index is 1370. The van der Waals surface area contributed by atoms with Crippen LogP contribution in [0, 0.1) is 0 Å². The van der Waals surface area contributed by atoms with Crippen molar-refractivity contribution < 1.29 is 27.8 Å². The lowest BCUT2D eigenvalue weighted by atomic mass is 10.2. The third kappa shape index (κ3) is 6.97. The molecule has 0 bridgehead atoms. The van der Waals surface area contributed by atoms with Crippen LogP contribution in [0.25, 0.3) is 0 Å². The molecule has 204 valence electrons. The number of alkyl halides is 3. The van der Waals surface area contributed by atoms with E-state index in [1.165, 1.54) is 21.6 Å². The van der Waals surface area contributed by atoms with E-state index in [2.05, 4.69) is 11.3 Å². The van der Waals surface area contributed by atoms with E-state index in [4.69, 9.17) is 10.5 Å². The van der Waals surface area contributed by atoms with Crippen LogP contribution in [0.2, 0.25) is 0 Å². The lowest BCUT2D eigenvalue weighted by molar-refractivity contribution is -0.274. The van der Waals surface area contributed by atoms with E-state index in [0.29, 0.717) is 6.42 Å². The molecule has 1 heterocycles. The van der Waals surface area contributed by atoms with Crippen LogP contribution in [0.5, 0.6) is 11.5 Å². The lowest BCUT2D eigenvalue weighted by Crippen LogP contribution is -2.45. The molecule has 0 unspecified atom stereocenters. The fourth-order valence-electron chi connectivity index (χ4n) is 3.80. The van der Waals surface area contributed by atoms with Gasteiger partial charge >= 0.3 is 12.1 Å². The van der Waals surface area contributed by atoms with Gasteiger partial charge in [-0.2, -0.15) is 0 Å². The largest absolute Gasteiger partial charge is 0.573 e. The number of aliphatic hydroxyl groups is 1. The van der Waals surface area contributed by atoms with Crippen molar-refractivity contribution in [2.45, 2.75) is 45.8 Å². The molecule has 0 saturated heterocycles. The van der Waals surface area contributed by atoms with Crippen LogP contribution in [0.15, 0.2) is 76.6 Å². The first-order chi connectivity index (χ1) is 18.1. The Balaban J connectivity index is 2.12. The van der Waals surface area contributed by atoms with Gasteiger partial charge in [0.15, 0.2) is 11.6 Å². The molecule has 0 fully saturated rings. The van der Waals surface area contributed by atoms with E-state index in [1.807, 2.05) is 13.0 Å². The molecule has 1 aromatic heterocycles. The fraction of sp³-hybridized carbons (Fsp3) is 0.308. The number of anilines is 2. The Hall–Kier alpha value is -4.19. The van der Waals surface area contributed by atoms with Crippen LogP contribution in [-0.4, -0.2) is 27.2 Å². The summed E-state index contributed by atoms with van der Waals surface area (Å²) in [5.74, 6) is -0.773. The first-order valence-corrected chi connectivity index (χ1v) is 11.8. The Labute approximate surface area is 216 Å². The molecular formula is C26H29F3N4O5. The maximum absolute atomic E-state index is 13.6. The average Bonchev–Trinajstić information content (AvgIpc) is 2.86. The van der Waals surface area contributed by atoms with Gasteiger partial charge in [0.2, 0.25) is 0 Å². The zero-order chi connectivity index (χ0) is 27.9. The van der Waals surface area contributed by atoms with Crippen molar-refractivity contribution in [2.24, 2.45) is 0 Å². The van der Waals surface area contributed by atoms with E-state index in [9.17, 15) is 27.9 Å². The monoisotopic (exact) mass is 534 g/mol. The molecule has 3 rings (SSSR count). The normalized spacial score (nSPS) is 11.3. The van der Waals surface area contributed by atoms with Crippen molar-refractivity contribution in [3.63, 3.8) is 0 Å². The van der Waals surface area contributed by atoms with E-state index >= 15 is 0 Å². The topological polar surface area (TPSA) is 112 Å². The average molecular weight is 535 g/mol. The quantitative estimate of drug-likeness (QED) is 0.340. The van der Waals surface area contributed by atoms with Gasteiger partial charge in [0, 0.05) is 25.8 Å². The minimum atomic E-state index is -4.89. The molecule has 12 heteroatoms. The highest BCUT2D eigenvalue weighted by Crippen LogP contribution is 2.29. The molecule has 9 nitrogen and oxygen atoms in total. The molecule has 0 aliphatic carbocycles. The predicted octanol–water partition coefficient (Wildman–Crippen LogP) is 3.84. The molecule has 2 aromatic carbocycles. The molecule has 0 aliphatic rings. The summed E-state index contributed by atoms with van der Waals surface area (Å²) in [7, 11) is 0. The second-order valence-corrected chi connectivity index (χ2v) is 8.29. The smallest absolute Gasteiger partial charge is 0.441 e. The first-order valence-electron chi connectivity index (χ1n) is 11.8. The molecule has 0 saturated carbocycles. The number of aromatic nitrogens is 2. The van der Waals surface area contributed by atoms with E-state index in [1.54, 1.807) is 24.3 Å². The summed E-state index contributed by atoms with van der Waals surface area (Å²) < 4.78 is 50.1. The van der Waals surface area contributed by atoms with Crippen LogP contribution in [0.1, 0.15) is 25.3 Å². The van der Waals surface area contributed by atoms with Crippen molar-refractivity contribution in [1.82, 2.24) is 9.13 Å². The van der Waals surface area contributed by atoms with Crippen molar-refractivity contribution in [1.29, 1.82) is 0 Å². The number of aliphatic hydroxyl groups excluding tert-OH is 1. The summed E-state index contributed by atoms with van der Waals surface area (Å²) >= 11 is 0. The third-order valence-electron chi connectivity index (χ3n) is 5.46. The number of ether oxygens (including phenoxy) is 2. The van der Waals surface area contributed by atoms with Gasteiger partial charge in [-0.3, -0.25) is 13.9 Å². The minimum Gasteiger partial charge on any atom is -0.441 e. The Morgan fingerprint density at radius 2 is 1.74 bits per heavy atom. The highest BCUT2D eigenvalue weighted by Gasteiger charge is 2.31. The van der Waals surface area contributed by atoms with Crippen LogP contribution in [0.3, 0.4) is 0 Å². The number of nitrogens with two attached hydrogens (primary N) is 1. The van der Waals surface area contributed by atoms with Crippen molar-refractivity contribution in [3.05, 3.63) is 93.5 Å². The molecule has 3 N–H and O–H groups in total. The van der Waals surface area contributed by atoms with Crippen molar-refractivity contribution in [3.8, 4) is 11.5 Å². The summed E-state index contributed by atoms with van der Waals surface area (Å²) in [5, 5.41) is 9.28. The Morgan fingerprint density at radius 3 is 2.37 bits per heavy atom. The summed E-state index contributed by atoms with van der Waals surface area (Å²) in [4.78, 5) is 28.0. The molecular weight excluding hydrogens is 505 g/mol. The standard InChI is InChI=1S/C26H29F3N4O5/c1-3-13-31-23(30)22(24(35)32(25(31)36)14-8-15-34)33(17-19-9-5-4-6-10-19)18(2)37-20-11-7-12-21(16-20)38-26(27,28)29/h4-7,9-12,16,34H,2-3,8,13-15,17,30H2,1H3. The molecule has 0 radical (unpaired) electrons. The maximum Gasteiger partial charge on any atom is 0.573 e. The Morgan fingerprint density at radius 1 is 1.05 bits per heavy atom. The number of nitrogen functional groups attached to an aromatic ring is 1. The number of hydrogen-bond donors (Lipinski definition) is 2. The van der Waals surface area contributed by atoms with E-state index < -0.39 is 23.4 Å². The Kier molecular flexibility index (Phi) is 9.24. The molecule has 0 spiro atoms. The van der Waals surface area contributed by atoms with Gasteiger partial charge < -0.3 is 25.2 Å². The number of hydrogen-bond acceptors (Lipinski definition) is 7. The number of nitrogens with zero attached hydrogens (tertiary/aromatic N) is 3. The van der Waals surface area contributed by atoms with Gasteiger partial charge in [0.25, 0.3) is 5.56 Å². The zero-order valence-corrected chi connectivity index (χ0v) is 20.8. The van der Waals surface area contributed by atoms with Gasteiger partial charge in [0.05, 0.1) is 6.54 Å².